The lowest BCUT2D eigenvalue weighted by Gasteiger charge is -2.39. The molecule has 4 heteroatoms. The fraction of sp³-hybridized carbons (Fsp3) is 0.650. The summed E-state index contributed by atoms with van der Waals surface area (Å²) in [5.74, 6) is 0. The summed E-state index contributed by atoms with van der Waals surface area (Å²) < 4.78 is 0. The van der Waals surface area contributed by atoms with Crippen LogP contribution in [0.15, 0.2) is 18.2 Å². The second kappa shape index (κ2) is 8.02. The van der Waals surface area contributed by atoms with Crippen molar-refractivity contribution in [1.82, 2.24) is 9.80 Å². The van der Waals surface area contributed by atoms with Gasteiger partial charge in [0.2, 0.25) is 0 Å². The normalized spacial score (nSPS) is 20.7. The zero-order valence-electron chi connectivity index (χ0n) is 15.2. The molecule has 0 radical (unpaired) electrons. The number of carbonyl (C=O) groups excluding carboxylic acids is 1. The Bertz CT molecular complexity index is 556. The van der Waals surface area contributed by atoms with Crippen molar-refractivity contribution in [3.8, 4) is 0 Å². The molecule has 1 aromatic rings. The monoisotopic (exact) mass is 329 g/mol. The first-order valence-electron chi connectivity index (χ1n) is 9.51. The number of amides is 2. The number of nitrogens with one attached hydrogen (secondary N) is 1. The Morgan fingerprint density at radius 1 is 1.00 bits per heavy atom. The molecule has 4 nitrogen and oxygen atoms in total. The Balaban J connectivity index is 1.52. The third-order valence-corrected chi connectivity index (χ3v) is 5.58. The summed E-state index contributed by atoms with van der Waals surface area (Å²) >= 11 is 0. The van der Waals surface area contributed by atoms with Gasteiger partial charge in [-0.25, -0.2) is 4.79 Å². The number of carbonyl (C=O) groups is 1. The highest BCUT2D eigenvalue weighted by molar-refractivity contribution is 5.90. The maximum atomic E-state index is 12.6. The van der Waals surface area contributed by atoms with Gasteiger partial charge in [0.05, 0.1) is 0 Å². The number of nitrogens with zero attached hydrogens (tertiary/aromatic N) is 2. The number of urea groups is 1. The van der Waals surface area contributed by atoms with Crippen molar-refractivity contribution in [2.45, 2.75) is 58.4 Å². The lowest BCUT2D eigenvalue weighted by atomic mass is 10.1. The highest BCUT2D eigenvalue weighted by Gasteiger charge is 2.26. The highest BCUT2D eigenvalue weighted by atomic mass is 16.2. The standard InChI is InChI=1S/C20H31N3O/c1-16-9-10-17(2)19(15-16)21-20(24)23-13-11-22(12-14-23)18-7-5-3-4-6-8-18/h9-10,15,18H,3-8,11-14H2,1-2H3,(H,21,24). The molecule has 132 valence electrons. The average molecular weight is 329 g/mol. The maximum Gasteiger partial charge on any atom is 0.321 e. The van der Waals surface area contributed by atoms with Gasteiger partial charge in [0, 0.05) is 37.9 Å². The predicted molar refractivity (Wildman–Crippen MR) is 99.6 cm³/mol. The molecule has 2 amide bonds. The van der Waals surface area contributed by atoms with Gasteiger partial charge in [-0.2, -0.15) is 0 Å². The Morgan fingerprint density at radius 2 is 1.67 bits per heavy atom. The van der Waals surface area contributed by atoms with Crippen molar-refractivity contribution in [3.63, 3.8) is 0 Å². The lowest BCUT2D eigenvalue weighted by molar-refractivity contribution is 0.105. The van der Waals surface area contributed by atoms with E-state index in [2.05, 4.69) is 35.3 Å². The zero-order chi connectivity index (χ0) is 16.9. The summed E-state index contributed by atoms with van der Waals surface area (Å²) in [6.45, 7) is 7.82. The van der Waals surface area contributed by atoms with Crippen LogP contribution in [0.5, 0.6) is 0 Å². The van der Waals surface area contributed by atoms with E-state index in [9.17, 15) is 4.79 Å². The van der Waals surface area contributed by atoms with E-state index in [0.717, 1.165) is 43.5 Å². The van der Waals surface area contributed by atoms with Gasteiger partial charge in [-0.05, 0) is 43.9 Å². The molecule has 0 bridgehead atoms. The van der Waals surface area contributed by atoms with Crippen LogP contribution in [0.3, 0.4) is 0 Å². The molecule has 1 aliphatic heterocycles. The van der Waals surface area contributed by atoms with Gasteiger partial charge in [0.25, 0.3) is 0 Å². The fourth-order valence-electron chi connectivity index (χ4n) is 3.98. The first-order chi connectivity index (χ1) is 11.6. The molecule has 1 saturated heterocycles. The van der Waals surface area contributed by atoms with Gasteiger partial charge in [0.1, 0.15) is 0 Å². The van der Waals surface area contributed by atoms with Crippen molar-refractivity contribution in [2.75, 3.05) is 31.5 Å². The summed E-state index contributed by atoms with van der Waals surface area (Å²) in [6.07, 6.45) is 8.22. The Hall–Kier alpha value is -1.55. The van der Waals surface area contributed by atoms with E-state index in [4.69, 9.17) is 0 Å². The molecule has 0 unspecified atom stereocenters. The van der Waals surface area contributed by atoms with Gasteiger partial charge in [-0.15, -0.1) is 0 Å². The van der Waals surface area contributed by atoms with Crippen LogP contribution < -0.4 is 5.32 Å². The summed E-state index contributed by atoms with van der Waals surface area (Å²) in [5, 5.41) is 3.09. The van der Waals surface area contributed by atoms with Crippen molar-refractivity contribution in [2.24, 2.45) is 0 Å². The van der Waals surface area contributed by atoms with Crippen molar-refractivity contribution in [1.29, 1.82) is 0 Å². The Labute approximate surface area is 146 Å². The minimum Gasteiger partial charge on any atom is -0.322 e. The average Bonchev–Trinajstić information content (AvgIpc) is 2.87. The fourth-order valence-corrected chi connectivity index (χ4v) is 3.98. The van der Waals surface area contributed by atoms with Gasteiger partial charge in [-0.1, -0.05) is 37.8 Å². The predicted octanol–water partition coefficient (Wildman–Crippen LogP) is 4.18. The molecule has 1 aromatic carbocycles. The van der Waals surface area contributed by atoms with E-state index in [1.54, 1.807) is 0 Å². The second-order valence-electron chi connectivity index (χ2n) is 7.42. The lowest BCUT2D eigenvalue weighted by Crippen LogP contribution is -2.52. The van der Waals surface area contributed by atoms with E-state index in [1.807, 2.05) is 11.8 Å². The van der Waals surface area contributed by atoms with Gasteiger partial charge >= 0.3 is 6.03 Å². The molecule has 0 aromatic heterocycles. The molecule has 1 N–H and O–H groups in total. The Kier molecular flexibility index (Phi) is 5.77. The summed E-state index contributed by atoms with van der Waals surface area (Å²) in [6, 6.07) is 6.99. The Morgan fingerprint density at radius 3 is 2.33 bits per heavy atom. The van der Waals surface area contributed by atoms with Crippen LogP contribution in [0.4, 0.5) is 10.5 Å². The quantitative estimate of drug-likeness (QED) is 0.826. The molecule has 0 atom stereocenters. The summed E-state index contributed by atoms with van der Waals surface area (Å²) in [5.41, 5.74) is 3.23. The number of hydrogen-bond acceptors (Lipinski definition) is 2. The molecule has 1 aliphatic carbocycles. The van der Waals surface area contributed by atoms with Crippen LogP contribution in [-0.4, -0.2) is 48.1 Å². The van der Waals surface area contributed by atoms with Crippen molar-refractivity contribution < 1.29 is 4.79 Å². The van der Waals surface area contributed by atoms with Crippen molar-refractivity contribution in [3.05, 3.63) is 29.3 Å². The molecule has 24 heavy (non-hydrogen) atoms. The number of hydrogen-bond donors (Lipinski definition) is 1. The number of rotatable bonds is 2. The van der Waals surface area contributed by atoms with Crippen LogP contribution in [-0.2, 0) is 0 Å². The first-order valence-corrected chi connectivity index (χ1v) is 9.51. The van der Waals surface area contributed by atoms with Gasteiger partial charge < -0.3 is 10.2 Å². The number of aryl methyl sites for hydroxylation is 2. The largest absolute Gasteiger partial charge is 0.322 e. The van der Waals surface area contributed by atoms with E-state index in [0.29, 0.717) is 0 Å². The van der Waals surface area contributed by atoms with E-state index in [-0.39, 0.29) is 6.03 Å². The van der Waals surface area contributed by atoms with Crippen LogP contribution in [0, 0.1) is 13.8 Å². The second-order valence-corrected chi connectivity index (χ2v) is 7.42. The smallest absolute Gasteiger partial charge is 0.321 e. The van der Waals surface area contributed by atoms with Crippen LogP contribution >= 0.6 is 0 Å². The van der Waals surface area contributed by atoms with Crippen LogP contribution in [0.2, 0.25) is 0 Å². The third kappa shape index (κ3) is 4.29. The molecule has 3 rings (SSSR count). The molecular weight excluding hydrogens is 298 g/mol. The summed E-state index contributed by atoms with van der Waals surface area (Å²) in [4.78, 5) is 17.2. The molecule has 2 aliphatic rings. The molecule has 1 saturated carbocycles. The number of benzene rings is 1. The summed E-state index contributed by atoms with van der Waals surface area (Å²) in [7, 11) is 0. The molecular formula is C20H31N3O. The molecule has 1 heterocycles. The number of anilines is 1. The zero-order valence-corrected chi connectivity index (χ0v) is 15.2. The third-order valence-electron chi connectivity index (χ3n) is 5.58. The van der Waals surface area contributed by atoms with Gasteiger partial charge in [-0.3, -0.25) is 4.90 Å². The van der Waals surface area contributed by atoms with Crippen LogP contribution in [0.1, 0.15) is 49.7 Å². The van der Waals surface area contributed by atoms with Gasteiger partial charge in [0.15, 0.2) is 0 Å². The van der Waals surface area contributed by atoms with E-state index in [1.165, 1.54) is 44.1 Å². The number of piperazine rings is 1. The van der Waals surface area contributed by atoms with E-state index >= 15 is 0 Å². The minimum absolute atomic E-state index is 0.0456. The minimum atomic E-state index is 0.0456. The van der Waals surface area contributed by atoms with E-state index < -0.39 is 0 Å². The maximum absolute atomic E-state index is 12.6. The first kappa shape index (κ1) is 17.3. The van der Waals surface area contributed by atoms with Crippen molar-refractivity contribution >= 4 is 11.7 Å². The highest BCUT2D eigenvalue weighted by Crippen LogP contribution is 2.23. The molecule has 0 spiro atoms. The molecule has 2 fully saturated rings. The SMILES string of the molecule is Cc1ccc(C)c(NC(=O)N2CCN(C3CCCCCC3)CC2)c1. The van der Waals surface area contributed by atoms with Crippen LogP contribution in [0.25, 0.3) is 0 Å². The topological polar surface area (TPSA) is 35.6 Å².